The predicted octanol–water partition coefficient (Wildman–Crippen LogP) is 0.213. The highest BCUT2D eigenvalue weighted by Crippen LogP contribution is 2.48. The monoisotopic (exact) mass is 304 g/mol. The summed E-state index contributed by atoms with van der Waals surface area (Å²) in [5.74, 6) is -0.799. The van der Waals surface area contributed by atoms with Crippen LogP contribution in [-0.4, -0.2) is 47.7 Å². The van der Waals surface area contributed by atoms with Gasteiger partial charge < -0.3 is 20.5 Å². The molecule has 0 unspecified atom stereocenters. The third kappa shape index (κ3) is 2.38. The molecular weight excluding hydrogens is 284 g/mol. The number of primary amides is 1. The molecule has 1 aliphatic carbocycles. The van der Waals surface area contributed by atoms with Crippen LogP contribution in [0, 0.1) is 5.41 Å². The van der Waals surface area contributed by atoms with E-state index in [0.29, 0.717) is 26.0 Å². The maximum atomic E-state index is 12.9. The Hall–Kier alpha value is -1.92. The molecule has 6 heteroatoms. The smallest absolute Gasteiger partial charge is 0.238 e. The zero-order valence-electron chi connectivity index (χ0n) is 12.3. The van der Waals surface area contributed by atoms with Crippen LogP contribution in [0.25, 0.3) is 0 Å². The minimum atomic E-state index is -1.05. The lowest BCUT2D eigenvalue weighted by Crippen LogP contribution is -2.53. The minimum absolute atomic E-state index is 0.188. The molecule has 0 aromatic heterocycles. The summed E-state index contributed by atoms with van der Waals surface area (Å²) in [7, 11) is 0. The quantitative estimate of drug-likeness (QED) is 0.778. The summed E-state index contributed by atoms with van der Waals surface area (Å²) < 4.78 is 5.61. The van der Waals surface area contributed by atoms with E-state index in [2.05, 4.69) is 0 Å². The summed E-state index contributed by atoms with van der Waals surface area (Å²) in [4.78, 5) is 26.2. The summed E-state index contributed by atoms with van der Waals surface area (Å²) in [6.45, 7) is 0.548. The number of ether oxygens (including phenoxy) is 1. The van der Waals surface area contributed by atoms with E-state index in [1.165, 1.54) is 0 Å². The van der Waals surface area contributed by atoms with Gasteiger partial charge in [-0.25, -0.2) is 0 Å². The third-order valence-electron chi connectivity index (χ3n) is 4.57. The van der Waals surface area contributed by atoms with Gasteiger partial charge in [-0.1, -0.05) is 30.3 Å². The van der Waals surface area contributed by atoms with Gasteiger partial charge in [-0.3, -0.25) is 9.59 Å². The topological polar surface area (TPSA) is 92.9 Å². The largest absolute Gasteiger partial charge is 0.394 e. The van der Waals surface area contributed by atoms with Gasteiger partial charge in [0.05, 0.1) is 19.3 Å². The molecule has 1 saturated carbocycles. The fourth-order valence-electron chi connectivity index (χ4n) is 3.12. The van der Waals surface area contributed by atoms with Crippen molar-refractivity contribution in [3.8, 4) is 0 Å². The molecule has 6 nitrogen and oxygen atoms in total. The van der Waals surface area contributed by atoms with Crippen LogP contribution in [0.2, 0.25) is 0 Å². The van der Waals surface area contributed by atoms with Crippen molar-refractivity contribution >= 4 is 11.8 Å². The molecule has 1 saturated heterocycles. The Kier molecular flexibility index (Phi) is 3.88. The van der Waals surface area contributed by atoms with Crippen LogP contribution in [0.3, 0.4) is 0 Å². The van der Waals surface area contributed by atoms with Crippen molar-refractivity contribution in [1.82, 2.24) is 4.90 Å². The van der Waals surface area contributed by atoms with Crippen LogP contribution in [0.1, 0.15) is 24.4 Å². The van der Waals surface area contributed by atoms with Crippen molar-refractivity contribution in [3.63, 3.8) is 0 Å². The summed E-state index contributed by atoms with van der Waals surface area (Å²) >= 11 is 0. The highest BCUT2D eigenvalue weighted by Gasteiger charge is 2.58. The van der Waals surface area contributed by atoms with Gasteiger partial charge in [-0.15, -0.1) is 0 Å². The molecule has 2 amide bonds. The highest BCUT2D eigenvalue weighted by molar-refractivity contribution is 6.07. The van der Waals surface area contributed by atoms with Gasteiger partial charge >= 0.3 is 0 Å². The predicted molar refractivity (Wildman–Crippen MR) is 78.6 cm³/mol. The number of rotatable bonds is 4. The first kappa shape index (κ1) is 15.0. The van der Waals surface area contributed by atoms with Crippen LogP contribution in [-0.2, 0) is 14.3 Å². The highest BCUT2D eigenvalue weighted by atomic mass is 16.5. The van der Waals surface area contributed by atoms with Crippen LogP contribution in [0.4, 0.5) is 0 Å². The second-order valence-corrected chi connectivity index (χ2v) is 5.89. The van der Waals surface area contributed by atoms with Crippen molar-refractivity contribution < 1.29 is 19.4 Å². The second kappa shape index (κ2) is 5.70. The molecule has 2 atom stereocenters. The fraction of sp³-hybridized carbons (Fsp3) is 0.500. The van der Waals surface area contributed by atoms with Crippen molar-refractivity contribution in [2.45, 2.75) is 25.0 Å². The Morgan fingerprint density at radius 1 is 1.32 bits per heavy atom. The van der Waals surface area contributed by atoms with Gasteiger partial charge in [0.1, 0.15) is 11.5 Å². The Morgan fingerprint density at radius 2 is 2.00 bits per heavy atom. The Morgan fingerprint density at radius 3 is 2.55 bits per heavy atom. The van der Waals surface area contributed by atoms with Gasteiger partial charge in [0.15, 0.2) is 0 Å². The van der Waals surface area contributed by atoms with E-state index in [-0.39, 0.29) is 12.5 Å². The van der Waals surface area contributed by atoms with Crippen molar-refractivity contribution in [1.29, 1.82) is 0 Å². The number of carbonyl (C=O) groups excluding carboxylic acids is 2. The summed E-state index contributed by atoms with van der Waals surface area (Å²) in [6.07, 6.45) is 0.511. The van der Waals surface area contributed by atoms with Gasteiger partial charge in [0.2, 0.25) is 11.8 Å². The molecule has 2 aliphatic rings. The second-order valence-electron chi connectivity index (χ2n) is 5.89. The molecule has 0 bridgehead atoms. The third-order valence-corrected chi connectivity index (χ3v) is 4.57. The lowest BCUT2D eigenvalue weighted by Gasteiger charge is -2.42. The first-order valence-electron chi connectivity index (χ1n) is 7.48. The molecule has 2 fully saturated rings. The van der Waals surface area contributed by atoms with E-state index in [1.807, 2.05) is 30.3 Å². The number of nitrogens with zero attached hydrogens (tertiary/aromatic N) is 1. The molecule has 118 valence electrons. The molecule has 1 aliphatic heterocycles. The van der Waals surface area contributed by atoms with E-state index in [4.69, 9.17) is 10.5 Å². The molecule has 3 N–H and O–H groups in total. The van der Waals surface area contributed by atoms with Gasteiger partial charge in [0.25, 0.3) is 0 Å². The van der Waals surface area contributed by atoms with Crippen molar-refractivity contribution in [2.75, 3.05) is 19.8 Å². The number of carbonyl (C=O) groups is 2. The van der Waals surface area contributed by atoms with Crippen molar-refractivity contribution in [3.05, 3.63) is 35.9 Å². The van der Waals surface area contributed by atoms with E-state index in [1.54, 1.807) is 4.90 Å². The lowest BCUT2D eigenvalue weighted by molar-refractivity contribution is -0.158. The van der Waals surface area contributed by atoms with E-state index in [0.717, 1.165) is 5.56 Å². The molecule has 22 heavy (non-hydrogen) atoms. The maximum Gasteiger partial charge on any atom is 0.238 e. The van der Waals surface area contributed by atoms with E-state index in [9.17, 15) is 14.7 Å². The number of morpholine rings is 1. The van der Waals surface area contributed by atoms with Crippen LogP contribution in [0.5, 0.6) is 0 Å². The lowest BCUT2D eigenvalue weighted by atomic mass is 9.95. The van der Waals surface area contributed by atoms with Crippen molar-refractivity contribution in [2.24, 2.45) is 11.1 Å². The number of amides is 2. The standard InChI is InChI=1S/C16H20N2O4/c17-14(20)16(6-7-16)15(21)18-8-9-22-12(10-19)13(18)11-4-2-1-3-5-11/h1-5,12-13,19H,6-10H2,(H2,17,20)/t12-,13-/m1/s1. The zero-order valence-corrected chi connectivity index (χ0v) is 12.3. The normalized spacial score (nSPS) is 26.5. The average Bonchev–Trinajstić information content (AvgIpc) is 3.36. The van der Waals surface area contributed by atoms with Gasteiger partial charge in [-0.2, -0.15) is 0 Å². The fourth-order valence-corrected chi connectivity index (χ4v) is 3.12. The minimum Gasteiger partial charge on any atom is -0.394 e. The number of aliphatic hydroxyl groups is 1. The molecule has 0 radical (unpaired) electrons. The Labute approximate surface area is 128 Å². The summed E-state index contributed by atoms with van der Waals surface area (Å²) in [6, 6.07) is 9.03. The first-order valence-corrected chi connectivity index (χ1v) is 7.48. The average molecular weight is 304 g/mol. The molecular formula is C16H20N2O4. The van der Waals surface area contributed by atoms with Gasteiger partial charge in [0, 0.05) is 6.54 Å². The Bertz CT molecular complexity index is 571. The number of hydrogen-bond acceptors (Lipinski definition) is 4. The molecule has 1 aromatic rings. The molecule has 1 heterocycles. The molecule has 1 aromatic carbocycles. The zero-order chi connectivity index (χ0) is 15.7. The number of nitrogens with two attached hydrogens (primary N) is 1. The van der Waals surface area contributed by atoms with E-state index < -0.39 is 23.5 Å². The van der Waals surface area contributed by atoms with Crippen LogP contribution < -0.4 is 5.73 Å². The molecule has 0 spiro atoms. The maximum absolute atomic E-state index is 12.9. The first-order chi connectivity index (χ1) is 10.6. The van der Waals surface area contributed by atoms with Gasteiger partial charge in [-0.05, 0) is 18.4 Å². The summed E-state index contributed by atoms with van der Waals surface area (Å²) in [5, 5.41) is 9.60. The Balaban J connectivity index is 1.94. The van der Waals surface area contributed by atoms with E-state index >= 15 is 0 Å². The summed E-state index contributed by atoms with van der Waals surface area (Å²) in [5.41, 5.74) is 5.26. The molecule has 3 rings (SSSR count). The van der Waals surface area contributed by atoms with Crippen LogP contribution >= 0.6 is 0 Å². The van der Waals surface area contributed by atoms with Crippen LogP contribution in [0.15, 0.2) is 30.3 Å². The SMILES string of the molecule is NC(=O)C1(C(=O)N2CCO[C@H](CO)[C@H]2c2ccccc2)CC1. The number of benzene rings is 1. The number of hydrogen-bond donors (Lipinski definition) is 2. The number of aliphatic hydroxyl groups excluding tert-OH is 1.